The molecule has 1 aliphatic rings. The molecule has 0 atom stereocenters. The summed E-state index contributed by atoms with van der Waals surface area (Å²) in [5.41, 5.74) is 1.86. The summed E-state index contributed by atoms with van der Waals surface area (Å²) in [7, 11) is 0. The molecule has 0 radical (unpaired) electrons. The second kappa shape index (κ2) is 7.50. The smallest absolute Gasteiger partial charge is 0.224 e. The number of nitrogens with zero attached hydrogens (tertiary/aromatic N) is 4. The van der Waals surface area contributed by atoms with Crippen molar-refractivity contribution in [2.24, 2.45) is 5.92 Å². The molecule has 2 N–H and O–H groups in total. The van der Waals surface area contributed by atoms with Crippen molar-refractivity contribution < 1.29 is 4.39 Å². The van der Waals surface area contributed by atoms with Gasteiger partial charge < -0.3 is 10.6 Å². The number of benzene rings is 1. The van der Waals surface area contributed by atoms with Gasteiger partial charge >= 0.3 is 0 Å². The molecule has 0 unspecified atom stereocenters. The quantitative estimate of drug-likeness (QED) is 0.659. The molecule has 2 aromatic heterocycles. The second-order valence-corrected chi connectivity index (χ2v) is 7.57. The van der Waals surface area contributed by atoms with Gasteiger partial charge in [0.15, 0.2) is 5.65 Å². The number of nitrogens with one attached hydrogen (secondary N) is 2. The van der Waals surface area contributed by atoms with Gasteiger partial charge in [-0.2, -0.15) is 4.98 Å². The first-order valence-corrected chi connectivity index (χ1v) is 9.61. The van der Waals surface area contributed by atoms with Crippen LogP contribution in [0.5, 0.6) is 0 Å². The first-order chi connectivity index (χ1) is 13.1. The number of hydrogen-bond acceptors (Lipinski definition) is 5. The van der Waals surface area contributed by atoms with E-state index in [9.17, 15) is 4.39 Å². The van der Waals surface area contributed by atoms with Crippen molar-refractivity contribution in [2.75, 3.05) is 10.6 Å². The lowest BCUT2D eigenvalue weighted by atomic mass is 10.2. The molecule has 6 nitrogen and oxygen atoms in total. The minimum absolute atomic E-state index is 0.310. The Labute approximate surface area is 158 Å². The summed E-state index contributed by atoms with van der Waals surface area (Å²) >= 11 is 0. The van der Waals surface area contributed by atoms with Gasteiger partial charge in [-0.3, -0.25) is 4.57 Å². The number of fused-ring (bicyclic) bond motifs is 1. The third kappa shape index (κ3) is 3.86. The highest BCUT2D eigenvalue weighted by Gasteiger charge is 2.19. The summed E-state index contributed by atoms with van der Waals surface area (Å²) < 4.78 is 16.1. The number of anilines is 3. The molecule has 0 bridgehead atoms. The average Bonchev–Trinajstić information content (AvgIpc) is 3.26. The van der Waals surface area contributed by atoms with Crippen LogP contribution in [-0.2, 0) is 6.54 Å². The third-order valence-electron chi connectivity index (χ3n) is 4.84. The molecule has 142 valence electrons. The molecular weight excluding hydrogens is 343 g/mol. The predicted octanol–water partition coefficient (Wildman–Crippen LogP) is 4.72. The zero-order valence-corrected chi connectivity index (χ0v) is 15.7. The van der Waals surface area contributed by atoms with Gasteiger partial charge in [0.05, 0.1) is 11.9 Å². The molecule has 1 saturated carbocycles. The van der Waals surface area contributed by atoms with Gasteiger partial charge in [0.25, 0.3) is 0 Å². The molecular formula is C20H25FN6. The van der Waals surface area contributed by atoms with E-state index in [1.165, 1.54) is 18.9 Å². The summed E-state index contributed by atoms with van der Waals surface area (Å²) in [5.74, 6) is 1.30. The molecule has 1 aromatic carbocycles. The van der Waals surface area contributed by atoms with Crippen molar-refractivity contribution in [3.8, 4) is 0 Å². The van der Waals surface area contributed by atoms with Crippen LogP contribution in [0.3, 0.4) is 0 Å². The van der Waals surface area contributed by atoms with Crippen molar-refractivity contribution in [3.05, 3.63) is 36.3 Å². The van der Waals surface area contributed by atoms with E-state index >= 15 is 0 Å². The number of para-hydroxylation sites is 1. The Hall–Kier alpha value is -2.70. The summed E-state index contributed by atoms with van der Waals surface area (Å²) in [6, 6.07) is 7.04. The third-order valence-corrected chi connectivity index (χ3v) is 4.84. The summed E-state index contributed by atoms with van der Waals surface area (Å²) in [4.78, 5) is 13.8. The van der Waals surface area contributed by atoms with Crippen LogP contribution in [0.15, 0.2) is 30.5 Å². The van der Waals surface area contributed by atoms with E-state index in [1.807, 2.05) is 4.57 Å². The Balaban J connectivity index is 1.70. The van der Waals surface area contributed by atoms with E-state index in [2.05, 4.69) is 34.4 Å². The fourth-order valence-electron chi connectivity index (χ4n) is 3.56. The van der Waals surface area contributed by atoms with Crippen molar-refractivity contribution in [1.82, 2.24) is 19.5 Å². The zero-order chi connectivity index (χ0) is 18.8. The Morgan fingerprint density at radius 1 is 1.19 bits per heavy atom. The standard InChI is InChI=1S/C20H25FN6/c1-13(2)12-27-18-17(11-22-19(26-18)23-14-7-3-4-8-14)25-20(27)24-16-10-6-5-9-15(16)21/h5-6,9-11,13-14H,3-4,7-8,12H2,1-2H3,(H,24,25)(H,22,23,26). The van der Waals surface area contributed by atoms with Gasteiger partial charge in [-0.05, 0) is 30.9 Å². The molecule has 4 rings (SSSR count). The number of aromatic nitrogens is 4. The summed E-state index contributed by atoms with van der Waals surface area (Å²) in [5, 5.41) is 6.55. The zero-order valence-electron chi connectivity index (χ0n) is 15.7. The fourth-order valence-corrected chi connectivity index (χ4v) is 3.56. The van der Waals surface area contributed by atoms with E-state index in [-0.39, 0.29) is 5.82 Å². The van der Waals surface area contributed by atoms with Crippen molar-refractivity contribution in [3.63, 3.8) is 0 Å². The fraction of sp³-hybridized carbons (Fsp3) is 0.450. The van der Waals surface area contributed by atoms with Crippen LogP contribution in [-0.4, -0.2) is 25.6 Å². The van der Waals surface area contributed by atoms with Gasteiger partial charge in [-0.1, -0.05) is 38.8 Å². The van der Waals surface area contributed by atoms with E-state index in [0.29, 0.717) is 35.1 Å². The molecule has 0 saturated heterocycles. The van der Waals surface area contributed by atoms with Crippen LogP contribution in [0.1, 0.15) is 39.5 Å². The van der Waals surface area contributed by atoms with Crippen LogP contribution in [0, 0.1) is 11.7 Å². The number of halogens is 1. The molecule has 3 aromatic rings. The maximum Gasteiger partial charge on any atom is 0.224 e. The number of rotatable bonds is 6. The van der Waals surface area contributed by atoms with Crippen LogP contribution < -0.4 is 10.6 Å². The predicted molar refractivity (Wildman–Crippen MR) is 106 cm³/mol. The Morgan fingerprint density at radius 2 is 1.96 bits per heavy atom. The largest absolute Gasteiger partial charge is 0.351 e. The van der Waals surface area contributed by atoms with E-state index in [0.717, 1.165) is 25.0 Å². The lowest BCUT2D eigenvalue weighted by Gasteiger charge is -2.14. The summed E-state index contributed by atoms with van der Waals surface area (Å²) in [6.07, 6.45) is 6.56. The lowest BCUT2D eigenvalue weighted by Crippen LogP contribution is -2.17. The molecule has 0 amide bonds. The first-order valence-electron chi connectivity index (χ1n) is 9.61. The first kappa shape index (κ1) is 17.7. The normalized spacial score (nSPS) is 15.0. The molecule has 1 aliphatic carbocycles. The van der Waals surface area contributed by atoms with Gasteiger partial charge in [-0.15, -0.1) is 0 Å². The molecule has 2 heterocycles. The lowest BCUT2D eigenvalue weighted by molar-refractivity contribution is 0.534. The Kier molecular flexibility index (Phi) is 4.92. The Bertz CT molecular complexity index is 929. The minimum atomic E-state index is -0.310. The minimum Gasteiger partial charge on any atom is -0.351 e. The van der Waals surface area contributed by atoms with Gasteiger partial charge in [0.1, 0.15) is 11.3 Å². The van der Waals surface area contributed by atoms with Crippen molar-refractivity contribution in [2.45, 2.75) is 52.1 Å². The van der Waals surface area contributed by atoms with Gasteiger partial charge in [0.2, 0.25) is 11.9 Å². The molecule has 27 heavy (non-hydrogen) atoms. The highest BCUT2D eigenvalue weighted by molar-refractivity contribution is 5.76. The molecule has 1 fully saturated rings. The molecule has 7 heteroatoms. The highest BCUT2D eigenvalue weighted by Crippen LogP contribution is 2.26. The molecule has 0 aliphatic heterocycles. The summed E-state index contributed by atoms with van der Waals surface area (Å²) in [6.45, 7) is 5.00. The second-order valence-electron chi connectivity index (χ2n) is 7.57. The SMILES string of the molecule is CC(C)Cn1c(Nc2ccccc2F)nc2cnc(NC3CCCC3)nc21. The maximum atomic E-state index is 14.1. The monoisotopic (exact) mass is 368 g/mol. The van der Waals surface area contributed by atoms with Crippen molar-refractivity contribution in [1.29, 1.82) is 0 Å². The van der Waals surface area contributed by atoms with Crippen molar-refractivity contribution >= 4 is 28.7 Å². The van der Waals surface area contributed by atoms with Gasteiger partial charge in [0, 0.05) is 12.6 Å². The van der Waals surface area contributed by atoms with E-state index in [1.54, 1.807) is 24.4 Å². The van der Waals surface area contributed by atoms with Crippen LogP contribution in [0.25, 0.3) is 11.2 Å². The maximum absolute atomic E-state index is 14.1. The topological polar surface area (TPSA) is 67.7 Å². The van der Waals surface area contributed by atoms with Gasteiger partial charge in [-0.25, -0.2) is 14.4 Å². The van der Waals surface area contributed by atoms with Crippen LogP contribution >= 0.6 is 0 Å². The number of imidazole rings is 1. The highest BCUT2D eigenvalue weighted by atomic mass is 19.1. The number of hydrogen-bond donors (Lipinski definition) is 2. The molecule has 0 spiro atoms. The van der Waals surface area contributed by atoms with E-state index in [4.69, 9.17) is 4.98 Å². The van der Waals surface area contributed by atoms with Crippen LogP contribution in [0.2, 0.25) is 0 Å². The van der Waals surface area contributed by atoms with E-state index < -0.39 is 0 Å². The average molecular weight is 368 g/mol. The Morgan fingerprint density at radius 3 is 2.70 bits per heavy atom. The van der Waals surface area contributed by atoms with Crippen LogP contribution in [0.4, 0.5) is 22.0 Å².